The summed E-state index contributed by atoms with van der Waals surface area (Å²) in [6.07, 6.45) is 7.66. The van der Waals surface area contributed by atoms with Crippen LogP contribution in [0.1, 0.15) is 32.1 Å². The van der Waals surface area contributed by atoms with Gasteiger partial charge in [0, 0.05) is 24.2 Å². The second-order valence-corrected chi connectivity index (χ2v) is 5.77. The highest BCUT2D eigenvalue weighted by molar-refractivity contribution is 7.13. The van der Waals surface area contributed by atoms with Crippen molar-refractivity contribution in [2.24, 2.45) is 0 Å². The van der Waals surface area contributed by atoms with E-state index in [-0.39, 0.29) is 12.5 Å². The van der Waals surface area contributed by atoms with Crippen LogP contribution in [-0.2, 0) is 4.79 Å². The van der Waals surface area contributed by atoms with Gasteiger partial charge in [0.2, 0.25) is 5.91 Å². The van der Waals surface area contributed by atoms with Gasteiger partial charge in [0.15, 0.2) is 5.13 Å². The van der Waals surface area contributed by atoms with E-state index in [1.165, 1.54) is 30.6 Å². The molecular weight excluding hydrogens is 262 g/mol. The van der Waals surface area contributed by atoms with E-state index in [4.69, 9.17) is 5.11 Å². The van der Waals surface area contributed by atoms with Crippen molar-refractivity contribution < 1.29 is 9.90 Å². The first-order valence-corrected chi connectivity index (χ1v) is 7.72. The van der Waals surface area contributed by atoms with Gasteiger partial charge < -0.3 is 10.4 Å². The van der Waals surface area contributed by atoms with Crippen molar-refractivity contribution >= 4 is 22.4 Å². The molecule has 0 spiro atoms. The molecule has 2 N–H and O–H groups in total. The predicted octanol–water partition coefficient (Wildman–Crippen LogP) is 1.71. The molecule has 0 aromatic carbocycles. The number of anilines is 1. The van der Waals surface area contributed by atoms with Crippen molar-refractivity contribution in [3.8, 4) is 0 Å². The molecule has 1 aliphatic rings. The summed E-state index contributed by atoms with van der Waals surface area (Å²) in [4.78, 5) is 18.1. The SMILES string of the molecule is O=C(CN(CCO)C1CCCCC1)Nc1nccs1. The Bertz CT molecular complexity index is 377. The predicted molar refractivity (Wildman–Crippen MR) is 76.3 cm³/mol. The quantitative estimate of drug-likeness (QED) is 0.834. The van der Waals surface area contributed by atoms with E-state index in [0.717, 1.165) is 12.8 Å². The van der Waals surface area contributed by atoms with Crippen LogP contribution in [-0.4, -0.2) is 46.6 Å². The number of hydrogen-bond acceptors (Lipinski definition) is 5. The minimum atomic E-state index is -0.0472. The number of amides is 1. The summed E-state index contributed by atoms with van der Waals surface area (Å²) < 4.78 is 0. The molecule has 0 aliphatic heterocycles. The molecule has 1 aromatic heterocycles. The fourth-order valence-corrected chi connectivity index (χ4v) is 3.14. The third kappa shape index (κ3) is 4.56. The first-order chi connectivity index (χ1) is 9.29. The second-order valence-electron chi connectivity index (χ2n) is 4.87. The molecule has 106 valence electrons. The maximum Gasteiger partial charge on any atom is 0.240 e. The first kappa shape index (κ1) is 14.4. The van der Waals surface area contributed by atoms with E-state index in [0.29, 0.717) is 24.3 Å². The highest BCUT2D eigenvalue weighted by Gasteiger charge is 2.22. The highest BCUT2D eigenvalue weighted by Crippen LogP contribution is 2.22. The molecule has 2 rings (SSSR count). The number of aromatic nitrogens is 1. The van der Waals surface area contributed by atoms with Gasteiger partial charge in [-0.15, -0.1) is 11.3 Å². The second kappa shape index (κ2) is 7.57. The monoisotopic (exact) mass is 283 g/mol. The lowest BCUT2D eigenvalue weighted by molar-refractivity contribution is -0.118. The van der Waals surface area contributed by atoms with Gasteiger partial charge in [0.1, 0.15) is 0 Å². The normalized spacial score (nSPS) is 16.7. The molecule has 0 radical (unpaired) electrons. The van der Waals surface area contributed by atoms with Crippen LogP contribution in [0, 0.1) is 0 Å². The van der Waals surface area contributed by atoms with Crippen LogP contribution in [0.15, 0.2) is 11.6 Å². The molecule has 1 aromatic rings. The molecule has 0 saturated heterocycles. The van der Waals surface area contributed by atoms with Crippen LogP contribution in [0.25, 0.3) is 0 Å². The maximum absolute atomic E-state index is 12.0. The Balaban J connectivity index is 1.86. The molecule has 1 amide bonds. The number of carbonyl (C=O) groups excluding carboxylic acids is 1. The lowest BCUT2D eigenvalue weighted by Crippen LogP contribution is -2.43. The molecule has 0 atom stereocenters. The zero-order valence-corrected chi connectivity index (χ0v) is 11.9. The van der Waals surface area contributed by atoms with Crippen molar-refractivity contribution in [1.29, 1.82) is 0 Å². The van der Waals surface area contributed by atoms with Crippen LogP contribution in [0.2, 0.25) is 0 Å². The Hall–Kier alpha value is -0.980. The van der Waals surface area contributed by atoms with Gasteiger partial charge in [-0.05, 0) is 12.8 Å². The molecule has 5 nitrogen and oxygen atoms in total. The molecule has 0 bridgehead atoms. The minimum Gasteiger partial charge on any atom is -0.395 e. The van der Waals surface area contributed by atoms with E-state index in [9.17, 15) is 4.79 Å². The van der Waals surface area contributed by atoms with E-state index in [2.05, 4.69) is 15.2 Å². The van der Waals surface area contributed by atoms with Crippen molar-refractivity contribution in [2.45, 2.75) is 38.1 Å². The van der Waals surface area contributed by atoms with E-state index >= 15 is 0 Å². The molecule has 1 fully saturated rings. The third-order valence-corrected chi connectivity index (χ3v) is 4.19. The Morgan fingerprint density at radius 2 is 2.26 bits per heavy atom. The zero-order valence-electron chi connectivity index (χ0n) is 11.0. The maximum atomic E-state index is 12.0. The van der Waals surface area contributed by atoms with Gasteiger partial charge in [-0.1, -0.05) is 19.3 Å². The number of aliphatic hydroxyl groups is 1. The van der Waals surface area contributed by atoms with E-state index < -0.39 is 0 Å². The summed E-state index contributed by atoms with van der Waals surface area (Å²) in [5.74, 6) is -0.0472. The number of nitrogens with one attached hydrogen (secondary N) is 1. The smallest absolute Gasteiger partial charge is 0.240 e. The van der Waals surface area contributed by atoms with Gasteiger partial charge in [-0.2, -0.15) is 0 Å². The summed E-state index contributed by atoms with van der Waals surface area (Å²) in [5, 5.41) is 14.4. The lowest BCUT2D eigenvalue weighted by atomic mass is 9.94. The van der Waals surface area contributed by atoms with Crippen molar-refractivity contribution in [2.75, 3.05) is 25.0 Å². The van der Waals surface area contributed by atoms with Crippen LogP contribution >= 0.6 is 11.3 Å². The number of carbonyl (C=O) groups is 1. The van der Waals surface area contributed by atoms with E-state index in [1.54, 1.807) is 6.20 Å². The van der Waals surface area contributed by atoms with E-state index in [1.807, 2.05) is 5.38 Å². The zero-order chi connectivity index (χ0) is 13.5. The Kier molecular flexibility index (Phi) is 5.75. The molecule has 19 heavy (non-hydrogen) atoms. The minimum absolute atomic E-state index is 0.0472. The molecular formula is C13H21N3O2S. The highest BCUT2D eigenvalue weighted by atomic mass is 32.1. The average Bonchev–Trinajstić information content (AvgIpc) is 2.92. The number of nitrogens with zero attached hydrogens (tertiary/aromatic N) is 2. The van der Waals surface area contributed by atoms with Crippen LogP contribution in [0.3, 0.4) is 0 Å². The van der Waals surface area contributed by atoms with Gasteiger partial charge >= 0.3 is 0 Å². The summed E-state index contributed by atoms with van der Waals surface area (Å²) >= 11 is 1.42. The first-order valence-electron chi connectivity index (χ1n) is 6.84. The third-order valence-electron chi connectivity index (χ3n) is 3.50. The van der Waals surface area contributed by atoms with Gasteiger partial charge in [-0.25, -0.2) is 4.98 Å². The van der Waals surface area contributed by atoms with Crippen LogP contribution < -0.4 is 5.32 Å². The summed E-state index contributed by atoms with van der Waals surface area (Å²) in [7, 11) is 0. The Morgan fingerprint density at radius 1 is 1.47 bits per heavy atom. The molecule has 1 aliphatic carbocycles. The number of thiazole rings is 1. The average molecular weight is 283 g/mol. The summed E-state index contributed by atoms with van der Waals surface area (Å²) in [6, 6.07) is 0.433. The van der Waals surface area contributed by atoms with Crippen LogP contribution in [0.5, 0.6) is 0 Å². The van der Waals surface area contributed by atoms with Crippen molar-refractivity contribution in [3.63, 3.8) is 0 Å². The number of aliphatic hydroxyl groups excluding tert-OH is 1. The Morgan fingerprint density at radius 3 is 2.89 bits per heavy atom. The van der Waals surface area contributed by atoms with Gasteiger partial charge in [-0.3, -0.25) is 9.69 Å². The van der Waals surface area contributed by atoms with Crippen LogP contribution in [0.4, 0.5) is 5.13 Å². The fourth-order valence-electron chi connectivity index (χ4n) is 2.59. The molecule has 1 saturated carbocycles. The standard InChI is InChI=1S/C13H21N3O2S/c17-8-7-16(11-4-2-1-3-5-11)10-12(18)15-13-14-6-9-19-13/h6,9,11,17H,1-5,7-8,10H2,(H,14,15,18). The molecule has 6 heteroatoms. The lowest BCUT2D eigenvalue weighted by Gasteiger charge is -2.33. The molecule has 1 heterocycles. The number of hydrogen-bond donors (Lipinski definition) is 2. The fraction of sp³-hybridized carbons (Fsp3) is 0.692. The topological polar surface area (TPSA) is 65.5 Å². The summed E-state index contributed by atoms with van der Waals surface area (Å²) in [5.41, 5.74) is 0. The van der Waals surface area contributed by atoms with Gasteiger partial charge in [0.25, 0.3) is 0 Å². The Labute approximate surface area is 117 Å². The summed E-state index contributed by atoms with van der Waals surface area (Å²) in [6.45, 7) is 1.00. The largest absolute Gasteiger partial charge is 0.395 e. The van der Waals surface area contributed by atoms with Crippen molar-refractivity contribution in [3.05, 3.63) is 11.6 Å². The van der Waals surface area contributed by atoms with Gasteiger partial charge in [0.05, 0.1) is 13.2 Å². The van der Waals surface area contributed by atoms with Crippen molar-refractivity contribution in [1.82, 2.24) is 9.88 Å². The number of rotatable bonds is 6. The molecule has 0 unspecified atom stereocenters.